The zero-order valence-electron chi connectivity index (χ0n) is 14.0. The van der Waals surface area contributed by atoms with Crippen molar-refractivity contribution >= 4 is 38.9 Å². The van der Waals surface area contributed by atoms with Gasteiger partial charge in [-0.25, -0.2) is 13.1 Å². The summed E-state index contributed by atoms with van der Waals surface area (Å²) in [5.41, 5.74) is 0.999. The van der Waals surface area contributed by atoms with Crippen molar-refractivity contribution in [1.29, 1.82) is 0 Å². The number of benzene rings is 1. The molecule has 1 aromatic heterocycles. The van der Waals surface area contributed by atoms with Crippen molar-refractivity contribution in [3.63, 3.8) is 0 Å². The van der Waals surface area contributed by atoms with Gasteiger partial charge in [-0.3, -0.25) is 9.59 Å². The molecule has 1 unspecified atom stereocenters. The van der Waals surface area contributed by atoms with Crippen molar-refractivity contribution in [3.05, 3.63) is 46.2 Å². The third-order valence-corrected chi connectivity index (χ3v) is 7.51. The van der Waals surface area contributed by atoms with E-state index in [1.165, 1.54) is 18.5 Å². The molecule has 2 N–H and O–H groups in total. The number of likely N-dealkylation sites (tertiary alicyclic amines) is 1. The molecule has 2 amide bonds. The molecule has 1 aromatic carbocycles. The SMILES string of the molecule is CNS(=O)(=O)c1csc(C(=O)N2CCC3(C2)C(=O)Nc2ccccc23)c1. The van der Waals surface area contributed by atoms with E-state index in [2.05, 4.69) is 10.0 Å². The Hall–Kier alpha value is -2.23. The minimum absolute atomic E-state index is 0.0752. The quantitative estimate of drug-likeness (QED) is 0.827. The number of amides is 2. The molecule has 2 aliphatic rings. The Bertz CT molecular complexity index is 1010. The summed E-state index contributed by atoms with van der Waals surface area (Å²) in [6.07, 6.45) is 0.550. The lowest BCUT2D eigenvalue weighted by molar-refractivity contribution is -0.120. The van der Waals surface area contributed by atoms with Gasteiger partial charge in [-0.2, -0.15) is 0 Å². The van der Waals surface area contributed by atoms with Gasteiger partial charge in [0, 0.05) is 24.2 Å². The highest BCUT2D eigenvalue weighted by Gasteiger charge is 2.52. The summed E-state index contributed by atoms with van der Waals surface area (Å²) in [6, 6.07) is 8.92. The predicted octanol–water partition coefficient (Wildman–Crippen LogP) is 1.39. The van der Waals surface area contributed by atoms with Crippen LogP contribution in [0.15, 0.2) is 40.6 Å². The first-order valence-corrected chi connectivity index (χ1v) is 10.5. The number of sulfonamides is 1. The van der Waals surface area contributed by atoms with Crippen molar-refractivity contribution in [2.75, 3.05) is 25.5 Å². The van der Waals surface area contributed by atoms with Gasteiger partial charge in [0.25, 0.3) is 5.91 Å². The van der Waals surface area contributed by atoms with Gasteiger partial charge in [-0.15, -0.1) is 11.3 Å². The van der Waals surface area contributed by atoms with Crippen LogP contribution in [0.1, 0.15) is 21.7 Å². The van der Waals surface area contributed by atoms with E-state index in [0.717, 1.165) is 22.6 Å². The molecule has 1 saturated heterocycles. The topological polar surface area (TPSA) is 95.6 Å². The highest BCUT2D eigenvalue weighted by molar-refractivity contribution is 7.89. The highest BCUT2D eigenvalue weighted by Crippen LogP contribution is 2.44. The van der Waals surface area contributed by atoms with Crippen LogP contribution in [0.4, 0.5) is 5.69 Å². The third-order valence-electron chi connectivity index (χ3n) is 5.05. The minimum atomic E-state index is -3.58. The van der Waals surface area contributed by atoms with Crippen LogP contribution in [-0.4, -0.2) is 45.3 Å². The van der Waals surface area contributed by atoms with E-state index in [9.17, 15) is 18.0 Å². The van der Waals surface area contributed by atoms with Crippen LogP contribution in [0.3, 0.4) is 0 Å². The molecule has 7 nitrogen and oxygen atoms in total. The number of carbonyl (C=O) groups is 2. The molecule has 2 aliphatic heterocycles. The number of rotatable bonds is 3. The molecule has 0 radical (unpaired) electrons. The highest BCUT2D eigenvalue weighted by atomic mass is 32.2. The van der Waals surface area contributed by atoms with Gasteiger partial charge in [-0.05, 0) is 31.2 Å². The number of para-hydroxylation sites is 1. The minimum Gasteiger partial charge on any atom is -0.336 e. The second-order valence-corrected chi connectivity index (χ2v) is 9.21. The molecular formula is C17H17N3O4S2. The molecule has 0 saturated carbocycles. The van der Waals surface area contributed by atoms with Crippen LogP contribution in [-0.2, 0) is 20.2 Å². The standard InChI is InChI=1S/C17H17N3O4S2/c1-18-26(23,24)11-8-14(25-9-11)15(21)20-7-6-17(10-20)12-4-2-3-5-13(12)19-16(17)22/h2-5,8-9,18H,6-7,10H2,1H3,(H,19,22). The van der Waals surface area contributed by atoms with Gasteiger partial charge in [0.1, 0.15) is 0 Å². The summed E-state index contributed by atoms with van der Waals surface area (Å²) >= 11 is 1.09. The molecular weight excluding hydrogens is 374 g/mol. The van der Waals surface area contributed by atoms with Gasteiger partial charge >= 0.3 is 0 Å². The maximum absolute atomic E-state index is 12.8. The fourth-order valence-electron chi connectivity index (χ4n) is 3.61. The Morgan fingerprint density at radius 3 is 2.88 bits per heavy atom. The van der Waals surface area contributed by atoms with E-state index in [1.807, 2.05) is 24.3 Å². The maximum Gasteiger partial charge on any atom is 0.264 e. The number of hydrogen-bond donors (Lipinski definition) is 2. The second kappa shape index (κ2) is 5.90. The zero-order valence-corrected chi connectivity index (χ0v) is 15.6. The van der Waals surface area contributed by atoms with E-state index in [1.54, 1.807) is 4.90 Å². The predicted molar refractivity (Wildman–Crippen MR) is 97.8 cm³/mol. The van der Waals surface area contributed by atoms with E-state index < -0.39 is 15.4 Å². The van der Waals surface area contributed by atoms with E-state index in [4.69, 9.17) is 0 Å². The van der Waals surface area contributed by atoms with Gasteiger partial charge in [0.05, 0.1) is 15.2 Å². The number of hydrogen-bond acceptors (Lipinski definition) is 5. The summed E-state index contributed by atoms with van der Waals surface area (Å²) in [7, 11) is -2.25. The number of nitrogens with zero attached hydrogens (tertiary/aromatic N) is 1. The first-order chi connectivity index (χ1) is 12.4. The van der Waals surface area contributed by atoms with Crippen LogP contribution >= 0.6 is 11.3 Å². The smallest absolute Gasteiger partial charge is 0.264 e. The zero-order chi connectivity index (χ0) is 18.5. The average molecular weight is 391 g/mol. The van der Waals surface area contributed by atoms with Gasteiger partial charge < -0.3 is 10.2 Å². The Morgan fingerprint density at radius 2 is 2.12 bits per heavy atom. The lowest BCUT2D eigenvalue weighted by atomic mass is 9.81. The monoisotopic (exact) mass is 391 g/mol. The Labute approximate surface area is 155 Å². The van der Waals surface area contributed by atoms with Crippen molar-refractivity contribution in [2.24, 2.45) is 0 Å². The molecule has 1 fully saturated rings. The van der Waals surface area contributed by atoms with Crippen molar-refractivity contribution in [3.8, 4) is 0 Å². The van der Waals surface area contributed by atoms with Crippen molar-refractivity contribution in [2.45, 2.75) is 16.7 Å². The second-order valence-electron chi connectivity index (χ2n) is 6.41. The lowest BCUT2D eigenvalue weighted by Gasteiger charge is -2.22. The van der Waals surface area contributed by atoms with Crippen LogP contribution in [0.5, 0.6) is 0 Å². The summed E-state index contributed by atoms with van der Waals surface area (Å²) in [4.78, 5) is 27.5. The first kappa shape index (κ1) is 17.2. The molecule has 2 aromatic rings. The van der Waals surface area contributed by atoms with Gasteiger partial charge in [-0.1, -0.05) is 18.2 Å². The lowest BCUT2D eigenvalue weighted by Crippen LogP contribution is -2.39. The normalized spacial score (nSPS) is 21.9. The van der Waals surface area contributed by atoms with Gasteiger partial charge in [0.15, 0.2) is 0 Å². The summed E-state index contributed by atoms with van der Waals surface area (Å²) in [6.45, 7) is 0.743. The summed E-state index contributed by atoms with van der Waals surface area (Å²) in [5, 5.41) is 4.35. The number of nitrogens with one attached hydrogen (secondary N) is 2. The Kier molecular flexibility index (Phi) is 3.90. The molecule has 1 atom stereocenters. The molecule has 3 heterocycles. The number of carbonyl (C=O) groups excluding carboxylic acids is 2. The Morgan fingerprint density at radius 1 is 1.35 bits per heavy atom. The van der Waals surface area contributed by atoms with Crippen LogP contribution < -0.4 is 10.0 Å². The fourth-order valence-corrected chi connectivity index (χ4v) is 5.58. The molecule has 9 heteroatoms. The van der Waals surface area contributed by atoms with Crippen LogP contribution in [0.2, 0.25) is 0 Å². The fraction of sp³-hybridized carbons (Fsp3) is 0.294. The molecule has 0 bridgehead atoms. The van der Waals surface area contributed by atoms with E-state index in [-0.39, 0.29) is 16.7 Å². The molecule has 1 spiro atoms. The van der Waals surface area contributed by atoms with Crippen molar-refractivity contribution < 1.29 is 18.0 Å². The molecule has 26 heavy (non-hydrogen) atoms. The number of fused-ring (bicyclic) bond motifs is 2. The van der Waals surface area contributed by atoms with Crippen LogP contribution in [0.25, 0.3) is 0 Å². The molecule has 0 aliphatic carbocycles. The third kappa shape index (κ3) is 2.46. The van der Waals surface area contributed by atoms with Crippen LogP contribution in [0, 0.1) is 0 Å². The van der Waals surface area contributed by atoms with E-state index in [0.29, 0.717) is 24.4 Å². The number of thiophene rings is 1. The largest absolute Gasteiger partial charge is 0.336 e. The summed E-state index contributed by atoms with van der Waals surface area (Å²) < 4.78 is 26.0. The first-order valence-electron chi connectivity index (χ1n) is 8.10. The maximum atomic E-state index is 12.8. The molecule has 4 rings (SSSR count). The molecule has 136 valence electrons. The van der Waals surface area contributed by atoms with E-state index >= 15 is 0 Å². The summed E-state index contributed by atoms with van der Waals surface area (Å²) in [5.74, 6) is -0.333. The van der Waals surface area contributed by atoms with Crippen molar-refractivity contribution in [1.82, 2.24) is 9.62 Å². The number of anilines is 1. The average Bonchev–Trinajstić information content (AvgIpc) is 3.35. The van der Waals surface area contributed by atoms with Gasteiger partial charge in [0.2, 0.25) is 15.9 Å². The Balaban J connectivity index is 1.60.